The number of amides is 1. The maximum atomic E-state index is 13.1. The van der Waals surface area contributed by atoms with Gasteiger partial charge >= 0.3 is 5.91 Å². The van der Waals surface area contributed by atoms with Crippen LogP contribution in [-0.4, -0.2) is 35.5 Å². The Hall–Kier alpha value is -4.13. The number of benzene rings is 2. The number of rotatable bonds is 7. The van der Waals surface area contributed by atoms with Crippen LogP contribution in [0.2, 0.25) is 0 Å². The van der Waals surface area contributed by atoms with Gasteiger partial charge in [-0.05, 0) is 60.5 Å². The van der Waals surface area contributed by atoms with Gasteiger partial charge in [-0.1, -0.05) is 25.1 Å². The number of hydrogen-bond donors (Lipinski definition) is 1. The summed E-state index contributed by atoms with van der Waals surface area (Å²) in [6, 6.07) is 18.1. The molecule has 168 valence electrons. The van der Waals surface area contributed by atoms with Crippen LogP contribution in [0.25, 0.3) is 5.76 Å². The van der Waals surface area contributed by atoms with E-state index in [2.05, 4.69) is 4.98 Å². The first-order chi connectivity index (χ1) is 16.0. The van der Waals surface area contributed by atoms with Crippen molar-refractivity contribution < 1.29 is 24.2 Å². The lowest BCUT2D eigenvalue weighted by Gasteiger charge is -2.24. The summed E-state index contributed by atoms with van der Waals surface area (Å²) in [5.74, 6) is -0.160. The molecule has 1 saturated heterocycles. The van der Waals surface area contributed by atoms with E-state index < -0.39 is 17.7 Å². The number of hydrogen-bond acceptors (Lipinski definition) is 6. The lowest BCUT2D eigenvalue weighted by atomic mass is 9.95. The Morgan fingerprint density at radius 1 is 1.00 bits per heavy atom. The zero-order chi connectivity index (χ0) is 23.4. The third-order valence-corrected chi connectivity index (χ3v) is 5.37. The maximum Gasteiger partial charge on any atom is 0.301 e. The van der Waals surface area contributed by atoms with E-state index in [0.717, 1.165) is 6.42 Å². The fourth-order valence-corrected chi connectivity index (χ4v) is 3.75. The quantitative estimate of drug-likeness (QED) is 0.328. The number of Topliss-reactive ketones (excluding diaryl/α,β-unsaturated/α-hetero) is 1. The minimum Gasteiger partial charge on any atom is -0.507 e. The molecular weight excluding hydrogens is 420 g/mol. The van der Waals surface area contributed by atoms with Gasteiger partial charge in [-0.3, -0.25) is 14.5 Å². The Labute approximate surface area is 191 Å². The summed E-state index contributed by atoms with van der Waals surface area (Å²) >= 11 is 0. The third-order valence-electron chi connectivity index (χ3n) is 5.37. The molecule has 7 nitrogen and oxygen atoms in total. The van der Waals surface area contributed by atoms with Crippen molar-refractivity contribution >= 4 is 23.3 Å². The first kappa shape index (κ1) is 22.1. The predicted octanol–water partition coefficient (Wildman–Crippen LogP) is 4.51. The monoisotopic (exact) mass is 444 g/mol. The summed E-state index contributed by atoms with van der Waals surface area (Å²) < 4.78 is 10.8. The van der Waals surface area contributed by atoms with Crippen LogP contribution in [-0.2, 0) is 9.59 Å². The number of aromatic nitrogens is 1. The molecule has 1 amide bonds. The molecule has 1 aliphatic rings. The Morgan fingerprint density at radius 2 is 1.70 bits per heavy atom. The molecule has 0 radical (unpaired) electrons. The van der Waals surface area contributed by atoms with E-state index >= 15 is 0 Å². The number of carbonyl (C=O) groups excluding carboxylic acids is 2. The van der Waals surface area contributed by atoms with Crippen molar-refractivity contribution in [2.24, 2.45) is 0 Å². The molecule has 0 unspecified atom stereocenters. The number of methoxy groups -OCH3 is 1. The molecule has 33 heavy (non-hydrogen) atoms. The van der Waals surface area contributed by atoms with E-state index in [0.29, 0.717) is 35.1 Å². The molecule has 0 spiro atoms. The number of pyridine rings is 1. The highest BCUT2D eigenvalue weighted by Crippen LogP contribution is 2.41. The van der Waals surface area contributed by atoms with Gasteiger partial charge in [-0.25, -0.2) is 4.98 Å². The molecule has 1 fully saturated rings. The van der Waals surface area contributed by atoms with Crippen LogP contribution in [0.4, 0.5) is 5.82 Å². The zero-order valence-electron chi connectivity index (χ0n) is 18.4. The van der Waals surface area contributed by atoms with Gasteiger partial charge in [0.25, 0.3) is 5.78 Å². The van der Waals surface area contributed by atoms with E-state index in [4.69, 9.17) is 9.47 Å². The summed E-state index contributed by atoms with van der Waals surface area (Å²) in [5.41, 5.74) is 1.06. The summed E-state index contributed by atoms with van der Waals surface area (Å²) in [4.78, 5) is 31.8. The number of aliphatic hydroxyl groups is 1. The predicted molar refractivity (Wildman–Crippen MR) is 124 cm³/mol. The highest BCUT2D eigenvalue weighted by molar-refractivity contribution is 6.51. The summed E-state index contributed by atoms with van der Waals surface area (Å²) in [5, 5.41) is 11.2. The molecule has 1 atom stereocenters. The molecule has 1 N–H and O–H groups in total. The molecule has 2 heterocycles. The smallest absolute Gasteiger partial charge is 0.301 e. The lowest BCUT2D eigenvalue weighted by Crippen LogP contribution is -2.30. The molecule has 0 bridgehead atoms. The first-order valence-electron chi connectivity index (χ1n) is 10.6. The van der Waals surface area contributed by atoms with Gasteiger partial charge in [0.2, 0.25) is 0 Å². The normalized spacial score (nSPS) is 17.3. The van der Waals surface area contributed by atoms with Crippen molar-refractivity contribution in [3.63, 3.8) is 0 Å². The van der Waals surface area contributed by atoms with Gasteiger partial charge in [0, 0.05) is 11.8 Å². The molecule has 7 heteroatoms. The van der Waals surface area contributed by atoms with E-state index in [9.17, 15) is 14.7 Å². The zero-order valence-corrected chi connectivity index (χ0v) is 18.4. The minimum absolute atomic E-state index is 0.00181. The van der Waals surface area contributed by atoms with Crippen LogP contribution >= 0.6 is 0 Å². The summed E-state index contributed by atoms with van der Waals surface area (Å²) in [6.07, 6.45) is 2.43. The van der Waals surface area contributed by atoms with Crippen molar-refractivity contribution in [1.29, 1.82) is 0 Å². The fourth-order valence-electron chi connectivity index (χ4n) is 3.75. The number of ketones is 1. The minimum atomic E-state index is -0.846. The van der Waals surface area contributed by atoms with Crippen molar-refractivity contribution in [1.82, 2.24) is 4.98 Å². The van der Waals surface area contributed by atoms with E-state index in [-0.39, 0.29) is 11.3 Å². The Morgan fingerprint density at radius 3 is 2.30 bits per heavy atom. The number of nitrogens with zero attached hydrogens (tertiary/aromatic N) is 2. The van der Waals surface area contributed by atoms with Crippen molar-refractivity contribution in [3.05, 3.63) is 89.6 Å². The molecule has 0 saturated carbocycles. The SMILES string of the molecule is CCCOc1ccc(C(O)=C2C(=O)C(=O)N(c3ccccn3)[C@H]2c2ccc(OC)cc2)cc1. The van der Waals surface area contributed by atoms with E-state index in [1.54, 1.807) is 80.0 Å². The third kappa shape index (κ3) is 4.30. The second-order valence-corrected chi connectivity index (χ2v) is 7.50. The lowest BCUT2D eigenvalue weighted by molar-refractivity contribution is -0.132. The van der Waals surface area contributed by atoms with Crippen LogP contribution in [0.3, 0.4) is 0 Å². The summed E-state index contributed by atoms with van der Waals surface area (Å²) in [6.45, 7) is 2.60. The molecule has 1 aliphatic heterocycles. The first-order valence-corrected chi connectivity index (χ1v) is 10.6. The molecule has 4 rings (SSSR count). The largest absolute Gasteiger partial charge is 0.507 e. The number of ether oxygens (including phenoxy) is 2. The average Bonchev–Trinajstić information content (AvgIpc) is 3.13. The van der Waals surface area contributed by atoms with Gasteiger partial charge in [0.15, 0.2) is 0 Å². The molecular formula is C26H24N2O5. The Bertz CT molecular complexity index is 1170. The molecule has 3 aromatic rings. The van der Waals surface area contributed by atoms with Crippen molar-refractivity contribution in [2.75, 3.05) is 18.6 Å². The number of anilines is 1. The highest BCUT2D eigenvalue weighted by atomic mass is 16.5. The van der Waals surface area contributed by atoms with Crippen LogP contribution in [0.5, 0.6) is 11.5 Å². The van der Waals surface area contributed by atoms with Crippen LogP contribution < -0.4 is 14.4 Å². The Balaban J connectivity index is 1.83. The van der Waals surface area contributed by atoms with Crippen molar-refractivity contribution in [3.8, 4) is 11.5 Å². The second kappa shape index (κ2) is 9.56. The average molecular weight is 444 g/mol. The second-order valence-electron chi connectivity index (χ2n) is 7.50. The maximum absolute atomic E-state index is 13.1. The van der Waals surface area contributed by atoms with E-state index in [1.807, 2.05) is 6.92 Å². The van der Waals surface area contributed by atoms with Crippen LogP contribution in [0.1, 0.15) is 30.5 Å². The highest BCUT2D eigenvalue weighted by Gasteiger charge is 2.47. The topological polar surface area (TPSA) is 89.0 Å². The standard InChI is InChI=1S/C26H24N2O5/c1-3-16-33-20-13-9-18(10-14-20)24(29)22-23(17-7-11-19(32-2)12-8-17)28(26(31)25(22)30)21-6-4-5-15-27-21/h4-15,23,29H,3,16H2,1-2H3/t23-/m0/s1. The van der Waals surface area contributed by atoms with Crippen LogP contribution in [0.15, 0.2) is 78.5 Å². The fraction of sp³-hybridized carbons (Fsp3) is 0.192. The summed E-state index contributed by atoms with van der Waals surface area (Å²) in [7, 11) is 1.56. The van der Waals surface area contributed by atoms with Gasteiger partial charge in [0.1, 0.15) is 23.1 Å². The number of carbonyl (C=O) groups is 2. The van der Waals surface area contributed by atoms with Crippen LogP contribution in [0, 0.1) is 0 Å². The van der Waals surface area contributed by atoms with E-state index in [1.165, 1.54) is 4.90 Å². The molecule has 0 aliphatic carbocycles. The van der Waals surface area contributed by atoms with Gasteiger partial charge < -0.3 is 14.6 Å². The van der Waals surface area contributed by atoms with Gasteiger partial charge in [0.05, 0.1) is 25.3 Å². The number of aliphatic hydroxyl groups excluding tert-OH is 1. The molecule has 2 aromatic carbocycles. The Kier molecular flexibility index (Phi) is 6.40. The van der Waals surface area contributed by atoms with Gasteiger partial charge in [-0.15, -0.1) is 0 Å². The van der Waals surface area contributed by atoms with Gasteiger partial charge in [-0.2, -0.15) is 0 Å². The van der Waals surface area contributed by atoms with Crippen molar-refractivity contribution in [2.45, 2.75) is 19.4 Å². The molecule has 1 aromatic heterocycles.